The fourth-order valence-electron chi connectivity index (χ4n) is 3.83. The third-order valence-corrected chi connectivity index (χ3v) is 7.46. The lowest BCUT2D eigenvalue weighted by molar-refractivity contribution is -0.140. The van der Waals surface area contributed by atoms with Gasteiger partial charge in [-0.25, -0.2) is 8.42 Å². The zero-order valence-electron chi connectivity index (χ0n) is 21.3. The van der Waals surface area contributed by atoms with E-state index in [1.807, 2.05) is 52.0 Å². The van der Waals surface area contributed by atoms with Crippen molar-refractivity contribution < 1.29 is 18.0 Å². The lowest BCUT2D eigenvalue weighted by Gasteiger charge is -2.34. The second-order valence-corrected chi connectivity index (χ2v) is 11.2. The summed E-state index contributed by atoms with van der Waals surface area (Å²) in [6.07, 6.45) is 2.21. The smallest absolute Gasteiger partial charge is 0.244 e. The lowest BCUT2D eigenvalue weighted by atomic mass is 10.1. The van der Waals surface area contributed by atoms with Crippen LogP contribution in [-0.2, 0) is 26.2 Å². The number of hydrogen-bond acceptors (Lipinski definition) is 4. The van der Waals surface area contributed by atoms with Gasteiger partial charge in [0.25, 0.3) is 0 Å². The molecule has 35 heavy (non-hydrogen) atoms. The number of amides is 2. The van der Waals surface area contributed by atoms with Gasteiger partial charge in [-0.1, -0.05) is 49.7 Å². The van der Waals surface area contributed by atoms with Gasteiger partial charge in [-0.3, -0.25) is 13.9 Å². The molecule has 2 amide bonds. The van der Waals surface area contributed by atoms with Gasteiger partial charge in [-0.15, -0.1) is 0 Å². The van der Waals surface area contributed by atoms with Gasteiger partial charge < -0.3 is 10.2 Å². The van der Waals surface area contributed by atoms with Crippen molar-refractivity contribution in [1.29, 1.82) is 0 Å². The summed E-state index contributed by atoms with van der Waals surface area (Å²) in [6.45, 7) is 9.17. The minimum absolute atomic E-state index is 0.0452. The summed E-state index contributed by atoms with van der Waals surface area (Å²) in [6, 6.07) is 11.7. The average molecular weight is 522 g/mol. The fraction of sp³-hybridized carbons (Fsp3) is 0.462. The maximum Gasteiger partial charge on any atom is 0.244 e. The van der Waals surface area contributed by atoms with E-state index in [1.54, 1.807) is 25.1 Å². The highest BCUT2D eigenvalue weighted by Gasteiger charge is 2.32. The number of rotatable bonds is 11. The third kappa shape index (κ3) is 7.70. The Labute approximate surface area is 214 Å². The largest absolute Gasteiger partial charge is 0.352 e. The van der Waals surface area contributed by atoms with E-state index in [9.17, 15) is 18.0 Å². The first-order valence-electron chi connectivity index (χ1n) is 11.8. The van der Waals surface area contributed by atoms with Crippen LogP contribution in [0.2, 0.25) is 5.02 Å². The number of carbonyl (C=O) groups is 2. The Kier molecular flexibility index (Phi) is 10.2. The zero-order valence-corrected chi connectivity index (χ0v) is 22.9. The zero-order chi connectivity index (χ0) is 26.3. The van der Waals surface area contributed by atoms with Crippen LogP contribution >= 0.6 is 11.6 Å². The van der Waals surface area contributed by atoms with Crippen LogP contribution in [0.4, 0.5) is 5.69 Å². The molecule has 1 N–H and O–H groups in total. The van der Waals surface area contributed by atoms with Crippen LogP contribution in [0, 0.1) is 13.8 Å². The SMILES string of the molecule is CC[C@@H](C)NC(=O)[C@@H](CC)N(Cc1ccccc1C)C(=O)CN(c1ccc(Cl)cc1C)S(C)(=O)=O. The molecular weight excluding hydrogens is 486 g/mol. The molecule has 0 spiro atoms. The molecule has 2 rings (SSSR count). The van der Waals surface area contributed by atoms with Gasteiger partial charge in [0.2, 0.25) is 21.8 Å². The number of nitrogens with zero attached hydrogens (tertiary/aromatic N) is 2. The van der Waals surface area contributed by atoms with Gasteiger partial charge in [0.1, 0.15) is 12.6 Å². The molecule has 192 valence electrons. The summed E-state index contributed by atoms with van der Waals surface area (Å²) in [5, 5.41) is 3.44. The second kappa shape index (κ2) is 12.4. The summed E-state index contributed by atoms with van der Waals surface area (Å²) < 4.78 is 26.6. The number of hydrogen-bond donors (Lipinski definition) is 1. The number of sulfonamides is 1. The van der Waals surface area contributed by atoms with Crippen molar-refractivity contribution in [2.75, 3.05) is 17.1 Å². The van der Waals surface area contributed by atoms with E-state index in [1.165, 1.54) is 4.90 Å². The van der Waals surface area contributed by atoms with Gasteiger partial charge >= 0.3 is 0 Å². The normalized spacial score (nSPS) is 13.1. The van der Waals surface area contributed by atoms with Gasteiger partial charge in [-0.2, -0.15) is 0 Å². The lowest BCUT2D eigenvalue weighted by Crippen LogP contribution is -2.53. The number of nitrogens with one attached hydrogen (secondary N) is 1. The van der Waals surface area contributed by atoms with Crippen molar-refractivity contribution in [1.82, 2.24) is 10.2 Å². The topological polar surface area (TPSA) is 86.8 Å². The van der Waals surface area contributed by atoms with Gasteiger partial charge in [0, 0.05) is 17.6 Å². The Balaban J connectivity index is 2.49. The van der Waals surface area contributed by atoms with Crippen LogP contribution in [0.15, 0.2) is 42.5 Å². The molecule has 9 heteroatoms. The molecule has 2 aromatic carbocycles. The molecule has 0 bridgehead atoms. The van der Waals surface area contributed by atoms with Crippen LogP contribution in [0.3, 0.4) is 0 Å². The minimum Gasteiger partial charge on any atom is -0.352 e. The Morgan fingerprint density at radius 3 is 2.23 bits per heavy atom. The van der Waals surface area contributed by atoms with E-state index < -0.39 is 28.5 Å². The molecule has 0 fully saturated rings. The van der Waals surface area contributed by atoms with Gasteiger partial charge in [0.15, 0.2) is 0 Å². The van der Waals surface area contributed by atoms with E-state index >= 15 is 0 Å². The quantitative estimate of drug-likeness (QED) is 0.473. The highest BCUT2D eigenvalue weighted by Crippen LogP contribution is 2.26. The first-order chi connectivity index (χ1) is 16.4. The second-order valence-electron chi connectivity index (χ2n) is 8.89. The van der Waals surface area contributed by atoms with Crippen molar-refractivity contribution in [2.24, 2.45) is 0 Å². The summed E-state index contributed by atoms with van der Waals surface area (Å²) in [4.78, 5) is 28.4. The Hall–Kier alpha value is -2.58. The molecule has 0 heterocycles. The minimum atomic E-state index is -3.80. The summed E-state index contributed by atoms with van der Waals surface area (Å²) in [7, 11) is -3.80. The van der Waals surface area contributed by atoms with E-state index in [0.717, 1.165) is 28.1 Å². The molecule has 0 aromatic heterocycles. The van der Waals surface area contributed by atoms with E-state index in [-0.39, 0.29) is 18.5 Å². The number of anilines is 1. The van der Waals surface area contributed by atoms with Crippen LogP contribution < -0.4 is 9.62 Å². The van der Waals surface area contributed by atoms with E-state index in [0.29, 0.717) is 22.7 Å². The van der Waals surface area contributed by atoms with Crippen molar-refractivity contribution in [3.05, 3.63) is 64.2 Å². The molecule has 0 aliphatic heterocycles. The highest BCUT2D eigenvalue weighted by molar-refractivity contribution is 7.92. The highest BCUT2D eigenvalue weighted by atomic mass is 35.5. The standard InChI is InChI=1S/C26H36ClN3O4S/c1-7-20(5)28-26(32)23(8-2)29(16-21-12-10-9-11-18(21)3)25(31)17-30(35(6,33)34)24-14-13-22(27)15-19(24)4/h9-15,20,23H,7-8,16-17H2,1-6H3,(H,28,32)/t20-,23-/m1/s1. The first kappa shape index (κ1) is 28.7. The molecular formula is C26H36ClN3O4S. The Morgan fingerprint density at radius 2 is 1.69 bits per heavy atom. The number of halogens is 1. The fourth-order valence-corrected chi connectivity index (χ4v) is 4.96. The molecule has 0 saturated carbocycles. The van der Waals surface area contributed by atoms with Crippen LogP contribution in [0.1, 0.15) is 50.3 Å². The number of carbonyl (C=O) groups excluding carboxylic acids is 2. The van der Waals surface area contributed by atoms with Crippen molar-refractivity contribution >= 4 is 39.1 Å². The van der Waals surface area contributed by atoms with E-state index in [2.05, 4.69) is 5.32 Å². The molecule has 0 radical (unpaired) electrons. The number of aryl methyl sites for hydroxylation is 2. The van der Waals surface area contributed by atoms with Gasteiger partial charge in [0.05, 0.1) is 11.9 Å². The van der Waals surface area contributed by atoms with Crippen molar-refractivity contribution in [3.8, 4) is 0 Å². The molecule has 0 aliphatic carbocycles. The van der Waals surface area contributed by atoms with Crippen molar-refractivity contribution in [2.45, 2.75) is 66.1 Å². The van der Waals surface area contributed by atoms with Crippen LogP contribution in [0.25, 0.3) is 0 Å². The van der Waals surface area contributed by atoms with Crippen LogP contribution in [0.5, 0.6) is 0 Å². The predicted octanol–water partition coefficient (Wildman–Crippen LogP) is 4.44. The van der Waals surface area contributed by atoms with E-state index in [4.69, 9.17) is 11.6 Å². The first-order valence-corrected chi connectivity index (χ1v) is 14.0. The predicted molar refractivity (Wildman–Crippen MR) is 142 cm³/mol. The Morgan fingerprint density at radius 1 is 1.03 bits per heavy atom. The number of benzene rings is 2. The maximum absolute atomic E-state index is 13.7. The molecule has 0 aliphatic rings. The Bertz CT molecular complexity index is 1150. The molecule has 7 nitrogen and oxygen atoms in total. The average Bonchev–Trinajstić information content (AvgIpc) is 2.78. The maximum atomic E-state index is 13.7. The molecule has 0 unspecified atom stereocenters. The monoisotopic (exact) mass is 521 g/mol. The van der Waals surface area contributed by atoms with Crippen molar-refractivity contribution in [3.63, 3.8) is 0 Å². The third-order valence-electron chi connectivity index (χ3n) is 6.10. The summed E-state index contributed by atoms with van der Waals surface area (Å²) in [5.74, 6) is -0.712. The van der Waals surface area contributed by atoms with Crippen LogP contribution in [-0.4, -0.2) is 50.0 Å². The molecule has 2 aromatic rings. The summed E-state index contributed by atoms with van der Waals surface area (Å²) in [5.41, 5.74) is 2.88. The van der Waals surface area contributed by atoms with Gasteiger partial charge in [-0.05, 0) is 68.5 Å². The molecule has 0 saturated heterocycles. The summed E-state index contributed by atoms with van der Waals surface area (Å²) >= 11 is 6.06. The molecule has 2 atom stereocenters.